The summed E-state index contributed by atoms with van der Waals surface area (Å²) < 4.78 is 0. The van der Waals surface area contributed by atoms with Gasteiger partial charge in [0, 0.05) is 21.4 Å². The van der Waals surface area contributed by atoms with E-state index in [0.29, 0.717) is 12.6 Å². The van der Waals surface area contributed by atoms with Crippen LogP contribution in [0.3, 0.4) is 0 Å². The Hall–Kier alpha value is -2.28. The van der Waals surface area contributed by atoms with Gasteiger partial charge in [-0.3, -0.25) is 9.69 Å². The Morgan fingerprint density at radius 2 is 2.03 bits per heavy atom. The molecule has 1 saturated heterocycles. The van der Waals surface area contributed by atoms with E-state index < -0.39 is 0 Å². The van der Waals surface area contributed by atoms with Gasteiger partial charge in [-0.05, 0) is 50.2 Å². The number of aromatic nitrogens is 2. The monoisotopic (exact) mass is 421 g/mol. The molecule has 1 aromatic carbocycles. The van der Waals surface area contributed by atoms with Crippen LogP contribution in [0.2, 0.25) is 0 Å². The zero-order valence-electron chi connectivity index (χ0n) is 16.6. The minimum atomic E-state index is -0.0307. The maximum Gasteiger partial charge on any atom is 0.260 e. The number of aromatic amines is 1. The van der Waals surface area contributed by atoms with E-state index in [-0.39, 0.29) is 5.56 Å². The lowest BCUT2D eigenvalue weighted by molar-refractivity contribution is 0.245. The maximum absolute atomic E-state index is 13.1. The Morgan fingerprint density at radius 3 is 2.79 bits per heavy atom. The molecule has 1 fully saturated rings. The molecule has 4 heterocycles. The molecule has 0 spiro atoms. The molecule has 3 aromatic heterocycles. The lowest BCUT2D eigenvalue weighted by Gasteiger charge is -2.22. The van der Waals surface area contributed by atoms with Gasteiger partial charge in [-0.2, -0.15) is 0 Å². The van der Waals surface area contributed by atoms with Gasteiger partial charge in [-0.25, -0.2) is 4.98 Å². The summed E-state index contributed by atoms with van der Waals surface area (Å²) in [6.45, 7) is 5.88. The largest absolute Gasteiger partial charge is 0.309 e. The first kappa shape index (κ1) is 18.7. The SMILES string of the molecule is Cc1ccc(-c2c(C)sc3nc(CN4CCCC4c4cccs4)[nH]c(=O)c23)cc1. The normalized spacial score (nSPS) is 17.4. The van der Waals surface area contributed by atoms with Gasteiger partial charge in [0.25, 0.3) is 5.56 Å². The van der Waals surface area contributed by atoms with Crippen molar-refractivity contribution in [1.82, 2.24) is 14.9 Å². The van der Waals surface area contributed by atoms with Gasteiger partial charge in [0.1, 0.15) is 10.7 Å². The number of H-pyrrole nitrogens is 1. The second-order valence-corrected chi connectivity index (χ2v) is 9.92. The fraction of sp³-hybridized carbons (Fsp3) is 0.304. The summed E-state index contributed by atoms with van der Waals surface area (Å²) in [7, 11) is 0. The Balaban J connectivity index is 1.51. The first-order valence-corrected chi connectivity index (χ1v) is 11.7. The highest BCUT2D eigenvalue weighted by atomic mass is 32.1. The van der Waals surface area contributed by atoms with E-state index in [2.05, 4.69) is 65.5 Å². The van der Waals surface area contributed by atoms with E-state index in [4.69, 9.17) is 4.98 Å². The number of nitrogens with zero attached hydrogens (tertiary/aromatic N) is 2. The predicted molar refractivity (Wildman–Crippen MR) is 122 cm³/mol. The fourth-order valence-electron chi connectivity index (χ4n) is 4.32. The predicted octanol–water partition coefficient (Wildman–Crippen LogP) is 5.67. The molecule has 5 rings (SSSR count). The van der Waals surface area contributed by atoms with E-state index in [1.165, 1.54) is 23.3 Å². The Kier molecular flexibility index (Phi) is 4.86. The highest BCUT2D eigenvalue weighted by molar-refractivity contribution is 7.19. The number of thiophene rings is 2. The van der Waals surface area contributed by atoms with E-state index in [1.807, 2.05) is 11.3 Å². The first-order chi connectivity index (χ1) is 14.1. The number of hydrogen-bond acceptors (Lipinski definition) is 5. The molecule has 6 heteroatoms. The van der Waals surface area contributed by atoms with Crippen molar-refractivity contribution >= 4 is 32.9 Å². The Morgan fingerprint density at radius 1 is 1.21 bits per heavy atom. The molecule has 1 aliphatic heterocycles. The number of benzene rings is 1. The van der Waals surface area contributed by atoms with E-state index in [0.717, 1.165) is 38.6 Å². The van der Waals surface area contributed by atoms with Crippen LogP contribution in [-0.2, 0) is 6.54 Å². The summed E-state index contributed by atoms with van der Waals surface area (Å²) in [5, 5.41) is 2.86. The van der Waals surface area contributed by atoms with Crippen molar-refractivity contribution in [3.8, 4) is 11.1 Å². The molecule has 1 N–H and O–H groups in total. The van der Waals surface area contributed by atoms with Crippen molar-refractivity contribution < 1.29 is 0 Å². The molecule has 1 atom stereocenters. The number of rotatable bonds is 4. The molecule has 0 saturated carbocycles. The quantitative estimate of drug-likeness (QED) is 0.462. The molecule has 0 amide bonds. The van der Waals surface area contributed by atoms with Crippen molar-refractivity contribution in [1.29, 1.82) is 0 Å². The van der Waals surface area contributed by atoms with Crippen LogP contribution in [0.15, 0.2) is 46.6 Å². The van der Waals surface area contributed by atoms with Crippen LogP contribution in [0.5, 0.6) is 0 Å². The van der Waals surface area contributed by atoms with E-state index >= 15 is 0 Å². The molecule has 0 radical (unpaired) electrons. The lowest BCUT2D eigenvalue weighted by Crippen LogP contribution is -2.25. The third-order valence-electron chi connectivity index (χ3n) is 5.72. The lowest BCUT2D eigenvalue weighted by atomic mass is 10.0. The minimum absolute atomic E-state index is 0.0307. The molecule has 1 aliphatic rings. The van der Waals surface area contributed by atoms with Crippen molar-refractivity contribution in [3.63, 3.8) is 0 Å². The van der Waals surface area contributed by atoms with Crippen LogP contribution >= 0.6 is 22.7 Å². The third-order valence-corrected chi connectivity index (χ3v) is 7.69. The average molecular weight is 422 g/mol. The van der Waals surface area contributed by atoms with Gasteiger partial charge in [-0.15, -0.1) is 22.7 Å². The Labute approximate surface area is 177 Å². The van der Waals surface area contributed by atoms with Gasteiger partial charge in [-0.1, -0.05) is 35.9 Å². The van der Waals surface area contributed by atoms with Gasteiger partial charge >= 0.3 is 0 Å². The summed E-state index contributed by atoms with van der Waals surface area (Å²) in [6, 6.07) is 13.1. The van der Waals surface area contributed by atoms with Gasteiger partial charge in [0.05, 0.1) is 11.9 Å². The molecule has 0 aliphatic carbocycles. The molecule has 4 nitrogen and oxygen atoms in total. The number of fused-ring (bicyclic) bond motifs is 1. The maximum atomic E-state index is 13.1. The van der Waals surface area contributed by atoms with Gasteiger partial charge in [0.2, 0.25) is 0 Å². The highest BCUT2D eigenvalue weighted by Gasteiger charge is 2.27. The number of likely N-dealkylation sites (tertiary alicyclic amines) is 1. The molecule has 0 bridgehead atoms. The molecular weight excluding hydrogens is 398 g/mol. The van der Waals surface area contributed by atoms with Crippen molar-refractivity contribution in [2.75, 3.05) is 6.54 Å². The van der Waals surface area contributed by atoms with E-state index in [9.17, 15) is 4.79 Å². The summed E-state index contributed by atoms with van der Waals surface area (Å²) in [5.74, 6) is 0.766. The summed E-state index contributed by atoms with van der Waals surface area (Å²) >= 11 is 3.43. The topological polar surface area (TPSA) is 49.0 Å². The van der Waals surface area contributed by atoms with Crippen molar-refractivity contribution in [2.24, 2.45) is 0 Å². The average Bonchev–Trinajstić information content (AvgIpc) is 3.42. The van der Waals surface area contributed by atoms with E-state index in [1.54, 1.807) is 11.3 Å². The zero-order chi connectivity index (χ0) is 20.0. The molecule has 148 valence electrons. The van der Waals surface area contributed by atoms with Crippen molar-refractivity contribution in [2.45, 2.75) is 39.3 Å². The second-order valence-electron chi connectivity index (χ2n) is 7.74. The van der Waals surface area contributed by atoms with Crippen molar-refractivity contribution in [3.05, 3.63) is 73.3 Å². The van der Waals surface area contributed by atoms with Crippen LogP contribution in [0, 0.1) is 13.8 Å². The van der Waals surface area contributed by atoms with Crippen LogP contribution in [0.1, 0.15) is 40.0 Å². The van der Waals surface area contributed by atoms with Gasteiger partial charge in [0.15, 0.2) is 0 Å². The molecule has 29 heavy (non-hydrogen) atoms. The van der Waals surface area contributed by atoms with Crippen LogP contribution < -0.4 is 5.56 Å². The molecule has 4 aromatic rings. The standard InChI is InChI=1S/C23H23N3OS2/c1-14-7-9-16(10-8-14)20-15(2)29-23-21(20)22(27)24-19(25-23)13-26-11-3-5-17(26)18-6-4-12-28-18/h4,6-10,12,17H,3,5,11,13H2,1-2H3,(H,24,25,27). The highest BCUT2D eigenvalue weighted by Crippen LogP contribution is 2.37. The minimum Gasteiger partial charge on any atom is -0.309 e. The summed E-state index contributed by atoms with van der Waals surface area (Å²) in [6.07, 6.45) is 2.35. The smallest absolute Gasteiger partial charge is 0.260 e. The first-order valence-electron chi connectivity index (χ1n) is 9.97. The van der Waals surface area contributed by atoms with Crippen LogP contribution in [0.25, 0.3) is 21.3 Å². The fourth-order valence-corrected chi connectivity index (χ4v) is 6.28. The second kappa shape index (κ2) is 7.52. The van der Waals surface area contributed by atoms with Crippen LogP contribution in [0.4, 0.5) is 0 Å². The summed E-state index contributed by atoms with van der Waals surface area (Å²) in [4.78, 5) is 26.8. The number of hydrogen-bond donors (Lipinski definition) is 1. The number of aryl methyl sites for hydroxylation is 2. The third kappa shape index (κ3) is 3.45. The Bertz CT molecular complexity index is 1210. The number of nitrogens with one attached hydrogen (secondary N) is 1. The van der Waals surface area contributed by atoms with Gasteiger partial charge < -0.3 is 4.98 Å². The molecule has 1 unspecified atom stereocenters. The molecular formula is C23H23N3OS2. The summed E-state index contributed by atoms with van der Waals surface area (Å²) in [5.41, 5.74) is 3.28. The zero-order valence-corrected chi connectivity index (χ0v) is 18.2. The van der Waals surface area contributed by atoms with Crippen LogP contribution in [-0.4, -0.2) is 21.4 Å².